The van der Waals surface area contributed by atoms with Crippen LogP contribution < -0.4 is 9.47 Å². The quantitative estimate of drug-likeness (QED) is 0.674. The maximum Gasteiger partial charge on any atom is 0.184 e. The van der Waals surface area contributed by atoms with Gasteiger partial charge in [-0.3, -0.25) is 4.79 Å². The summed E-state index contributed by atoms with van der Waals surface area (Å²) in [7, 11) is 0. The highest BCUT2D eigenvalue weighted by Crippen LogP contribution is 2.26. The summed E-state index contributed by atoms with van der Waals surface area (Å²) in [6.45, 7) is 3.79. The molecule has 1 aromatic rings. The molecule has 4 heteroatoms. The topological polar surface area (TPSA) is 59.3 Å². The fourth-order valence-electron chi connectivity index (χ4n) is 1.13. The molecule has 0 unspecified atom stereocenters. The van der Waals surface area contributed by atoms with Gasteiger partial charge >= 0.3 is 0 Å². The van der Waals surface area contributed by atoms with Crippen LogP contribution in [0, 0.1) is 11.3 Å². The molecule has 0 N–H and O–H groups in total. The summed E-state index contributed by atoms with van der Waals surface area (Å²) in [6.07, 6.45) is 1.48. The third kappa shape index (κ3) is 4.39. The molecule has 4 nitrogen and oxygen atoms in total. The van der Waals surface area contributed by atoms with Crippen LogP contribution in [-0.2, 0) is 4.79 Å². The Morgan fingerprint density at radius 3 is 2.59 bits per heavy atom. The summed E-state index contributed by atoms with van der Waals surface area (Å²) in [6, 6.07) is 8.82. The fraction of sp³-hybridized carbons (Fsp3) is 0.231. The second-order valence-electron chi connectivity index (χ2n) is 3.21. The van der Waals surface area contributed by atoms with Crippen molar-refractivity contribution >= 4 is 5.78 Å². The smallest absolute Gasteiger partial charge is 0.184 e. The lowest BCUT2D eigenvalue weighted by atomic mass is 10.3. The maximum absolute atomic E-state index is 11.1. The lowest BCUT2D eigenvalue weighted by molar-refractivity contribution is -0.120. The molecule has 0 aromatic heterocycles. The van der Waals surface area contributed by atoms with Crippen molar-refractivity contribution in [3.05, 3.63) is 36.9 Å². The minimum Gasteiger partial charge on any atom is -0.486 e. The Labute approximate surface area is 100 Å². The zero-order valence-electron chi connectivity index (χ0n) is 9.39. The first kappa shape index (κ1) is 12.8. The Balaban J connectivity index is 2.60. The van der Waals surface area contributed by atoms with Gasteiger partial charge in [-0.1, -0.05) is 24.8 Å². The van der Waals surface area contributed by atoms with E-state index in [0.29, 0.717) is 18.1 Å². The molecule has 0 aliphatic rings. The van der Waals surface area contributed by atoms with E-state index in [4.69, 9.17) is 14.7 Å². The normalized spacial score (nSPS) is 9.12. The van der Waals surface area contributed by atoms with Crippen LogP contribution in [0.15, 0.2) is 36.9 Å². The number of benzene rings is 1. The van der Waals surface area contributed by atoms with Crippen LogP contribution in [0.5, 0.6) is 11.5 Å². The van der Waals surface area contributed by atoms with Crippen LogP contribution in [0.4, 0.5) is 0 Å². The first-order chi connectivity index (χ1) is 8.27. The summed E-state index contributed by atoms with van der Waals surface area (Å²) < 4.78 is 10.6. The van der Waals surface area contributed by atoms with Crippen LogP contribution in [0.2, 0.25) is 0 Å². The molecule has 17 heavy (non-hydrogen) atoms. The van der Waals surface area contributed by atoms with E-state index >= 15 is 0 Å². The van der Waals surface area contributed by atoms with Gasteiger partial charge in [-0.25, -0.2) is 0 Å². The molecule has 1 rings (SSSR count). The van der Waals surface area contributed by atoms with Crippen molar-refractivity contribution in [2.75, 3.05) is 13.2 Å². The van der Waals surface area contributed by atoms with E-state index in [1.165, 1.54) is 0 Å². The molecular formula is C13H13NO3. The number of ether oxygens (including phenoxy) is 2. The Morgan fingerprint density at radius 2 is 2.00 bits per heavy atom. The summed E-state index contributed by atoms with van der Waals surface area (Å²) in [5, 5.41) is 8.34. The van der Waals surface area contributed by atoms with Gasteiger partial charge in [0.1, 0.15) is 13.2 Å². The molecule has 0 heterocycles. The second kappa shape index (κ2) is 7.07. The van der Waals surface area contributed by atoms with Crippen molar-refractivity contribution in [1.82, 2.24) is 0 Å². The number of hydrogen-bond donors (Lipinski definition) is 0. The highest BCUT2D eigenvalue weighted by molar-refractivity contribution is 5.81. The Bertz CT molecular complexity index is 435. The molecule has 0 atom stereocenters. The van der Waals surface area contributed by atoms with Crippen molar-refractivity contribution < 1.29 is 14.3 Å². The Kier molecular flexibility index (Phi) is 5.32. The number of nitriles is 1. The average Bonchev–Trinajstić information content (AvgIpc) is 2.35. The summed E-state index contributed by atoms with van der Waals surface area (Å²) in [5.41, 5.74) is 0. The lowest BCUT2D eigenvalue weighted by Gasteiger charge is -2.10. The van der Waals surface area contributed by atoms with E-state index in [1.807, 2.05) is 6.07 Å². The molecule has 0 aliphatic heterocycles. The van der Waals surface area contributed by atoms with Crippen molar-refractivity contribution in [3.8, 4) is 17.6 Å². The Morgan fingerprint density at radius 1 is 1.35 bits per heavy atom. The molecule has 0 bridgehead atoms. The number of Topliss-reactive ketones (excluding diaryl/α,β-unsaturated/α-hetero) is 1. The van der Waals surface area contributed by atoms with E-state index in [-0.39, 0.29) is 18.8 Å². The highest BCUT2D eigenvalue weighted by atomic mass is 16.5. The molecule has 0 spiro atoms. The molecular weight excluding hydrogens is 218 g/mol. The number of para-hydroxylation sites is 2. The molecule has 88 valence electrons. The maximum atomic E-state index is 11.1. The van der Waals surface area contributed by atoms with Crippen LogP contribution in [-0.4, -0.2) is 19.0 Å². The minimum atomic E-state index is -0.258. The van der Waals surface area contributed by atoms with Gasteiger partial charge in [0.05, 0.1) is 12.5 Å². The third-order valence-electron chi connectivity index (χ3n) is 1.87. The van der Waals surface area contributed by atoms with Gasteiger partial charge in [-0.15, -0.1) is 0 Å². The van der Waals surface area contributed by atoms with Gasteiger partial charge in [0.25, 0.3) is 0 Å². The molecule has 1 aromatic carbocycles. The van der Waals surface area contributed by atoms with Gasteiger partial charge in [-0.2, -0.15) is 5.26 Å². The molecule has 0 aliphatic carbocycles. The predicted molar refractivity (Wildman–Crippen MR) is 62.9 cm³/mol. The zero-order valence-corrected chi connectivity index (χ0v) is 9.39. The number of rotatable bonds is 7. The predicted octanol–water partition coefficient (Wildman–Crippen LogP) is 2.11. The molecule has 0 saturated carbocycles. The largest absolute Gasteiger partial charge is 0.486 e. The van der Waals surface area contributed by atoms with Gasteiger partial charge in [0.2, 0.25) is 0 Å². The fourth-order valence-corrected chi connectivity index (χ4v) is 1.13. The molecule has 0 fully saturated rings. The minimum absolute atomic E-state index is 0.123. The van der Waals surface area contributed by atoms with Gasteiger partial charge in [0, 0.05) is 0 Å². The van der Waals surface area contributed by atoms with Crippen molar-refractivity contribution in [1.29, 1.82) is 5.26 Å². The molecule has 0 amide bonds. The standard InChI is InChI=1S/C13H13NO3/c1-2-9-16-12-5-3-4-6-13(12)17-10-11(15)7-8-14/h2-6H,1,7,9-10H2. The van der Waals surface area contributed by atoms with Crippen LogP contribution in [0.1, 0.15) is 6.42 Å². The molecule has 0 radical (unpaired) electrons. The molecule has 0 saturated heterocycles. The average molecular weight is 231 g/mol. The number of ketones is 1. The van der Waals surface area contributed by atoms with Gasteiger partial charge < -0.3 is 9.47 Å². The summed E-state index contributed by atoms with van der Waals surface area (Å²) >= 11 is 0. The van der Waals surface area contributed by atoms with E-state index in [9.17, 15) is 4.79 Å². The highest BCUT2D eigenvalue weighted by Gasteiger charge is 2.06. The number of carbonyl (C=O) groups is 1. The van der Waals surface area contributed by atoms with Crippen LogP contribution in [0.25, 0.3) is 0 Å². The zero-order chi connectivity index (χ0) is 12.5. The van der Waals surface area contributed by atoms with E-state index in [0.717, 1.165) is 0 Å². The van der Waals surface area contributed by atoms with Gasteiger partial charge in [0.15, 0.2) is 17.3 Å². The van der Waals surface area contributed by atoms with Crippen molar-refractivity contribution in [2.24, 2.45) is 0 Å². The monoisotopic (exact) mass is 231 g/mol. The second-order valence-corrected chi connectivity index (χ2v) is 3.21. The van der Waals surface area contributed by atoms with Gasteiger partial charge in [-0.05, 0) is 12.1 Å². The van der Waals surface area contributed by atoms with E-state index in [1.54, 1.807) is 30.3 Å². The number of hydrogen-bond acceptors (Lipinski definition) is 4. The number of nitrogens with zero attached hydrogens (tertiary/aromatic N) is 1. The third-order valence-corrected chi connectivity index (χ3v) is 1.87. The van der Waals surface area contributed by atoms with Crippen LogP contribution >= 0.6 is 0 Å². The van der Waals surface area contributed by atoms with Crippen LogP contribution in [0.3, 0.4) is 0 Å². The first-order valence-corrected chi connectivity index (χ1v) is 5.12. The van der Waals surface area contributed by atoms with E-state index in [2.05, 4.69) is 6.58 Å². The SMILES string of the molecule is C=CCOc1ccccc1OCC(=O)CC#N. The Hall–Kier alpha value is -2.28. The summed E-state index contributed by atoms with van der Waals surface area (Å²) in [4.78, 5) is 11.1. The van der Waals surface area contributed by atoms with Crippen molar-refractivity contribution in [3.63, 3.8) is 0 Å². The first-order valence-electron chi connectivity index (χ1n) is 5.12. The van der Waals surface area contributed by atoms with E-state index < -0.39 is 0 Å². The lowest BCUT2D eigenvalue weighted by Crippen LogP contribution is -2.10. The van der Waals surface area contributed by atoms with Crippen molar-refractivity contribution in [2.45, 2.75) is 6.42 Å². The summed E-state index contributed by atoms with van der Waals surface area (Å²) in [5.74, 6) is 0.781. The number of carbonyl (C=O) groups excluding carboxylic acids is 1.